The van der Waals surface area contributed by atoms with Crippen LogP contribution < -0.4 is 5.73 Å². The zero-order valence-electron chi connectivity index (χ0n) is 5.52. The summed E-state index contributed by atoms with van der Waals surface area (Å²) in [4.78, 5) is 2.06. The summed E-state index contributed by atoms with van der Waals surface area (Å²) in [7, 11) is 0. The lowest BCUT2D eigenvalue weighted by molar-refractivity contribution is 0.294. The average Bonchev–Trinajstić information content (AvgIpc) is 2.17. The van der Waals surface area contributed by atoms with Gasteiger partial charge >= 0.3 is 0 Å². The first kappa shape index (κ1) is 6.96. The average molecular weight is 132 g/mol. The SMILES string of the molecule is N[C@H]1CCN(CCF)C1. The molecule has 1 fully saturated rings. The van der Waals surface area contributed by atoms with Gasteiger partial charge in [0.05, 0.1) is 0 Å². The van der Waals surface area contributed by atoms with Gasteiger partial charge in [-0.1, -0.05) is 0 Å². The van der Waals surface area contributed by atoms with Crippen molar-refractivity contribution >= 4 is 0 Å². The molecule has 0 amide bonds. The van der Waals surface area contributed by atoms with Crippen molar-refractivity contribution < 1.29 is 4.39 Å². The Labute approximate surface area is 54.8 Å². The highest BCUT2D eigenvalue weighted by Gasteiger charge is 2.17. The van der Waals surface area contributed by atoms with Crippen molar-refractivity contribution in [2.45, 2.75) is 12.5 Å². The predicted octanol–water partition coefficient (Wildman–Crippen LogP) is -0.0111. The molecule has 1 rings (SSSR count). The number of hydrogen-bond donors (Lipinski definition) is 1. The van der Waals surface area contributed by atoms with Crippen LogP contribution in [0.4, 0.5) is 4.39 Å². The highest BCUT2D eigenvalue weighted by Crippen LogP contribution is 2.05. The summed E-state index contributed by atoms with van der Waals surface area (Å²) in [5, 5.41) is 0. The summed E-state index contributed by atoms with van der Waals surface area (Å²) in [6, 6.07) is 0.288. The summed E-state index contributed by atoms with van der Waals surface area (Å²) in [6.45, 7) is 2.18. The second-order valence-electron chi connectivity index (χ2n) is 2.54. The monoisotopic (exact) mass is 132 g/mol. The normalized spacial score (nSPS) is 29.3. The molecule has 0 aromatic carbocycles. The molecule has 2 nitrogen and oxygen atoms in total. The van der Waals surface area contributed by atoms with Crippen molar-refractivity contribution in [2.75, 3.05) is 26.3 Å². The molecule has 1 aliphatic heterocycles. The van der Waals surface area contributed by atoms with Crippen LogP contribution in [0.5, 0.6) is 0 Å². The molecule has 54 valence electrons. The number of halogens is 1. The molecule has 0 saturated carbocycles. The smallest absolute Gasteiger partial charge is 0.102 e. The van der Waals surface area contributed by atoms with Gasteiger partial charge in [-0.05, 0) is 13.0 Å². The maximum atomic E-state index is 11.7. The van der Waals surface area contributed by atoms with Crippen LogP contribution >= 0.6 is 0 Å². The Balaban J connectivity index is 2.14. The van der Waals surface area contributed by atoms with Crippen molar-refractivity contribution in [3.8, 4) is 0 Å². The molecule has 0 unspecified atom stereocenters. The molecule has 0 aromatic heterocycles. The largest absolute Gasteiger partial charge is 0.326 e. The number of hydrogen-bond acceptors (Lipinski definition) is 2. The minimum Gasteiger partial charge on any atom is -0.326 e. The Bertz CT molecular complexity index is 85.1. The maximum absolute atomic E-state index is 11.7. The number of alkyl halides is 1. The highest BCUT2D eigenvalue weighted by atomic mass is 19.1. The lowest BCUT2D eigenvalue weighted by Gasteiger charge is -2.10. The topological polar surface area (TPSA) is 29.3 Å². The van der Waals surface area contributed by atoms with Gasteiger partial charge in [-0.15, -0.1) is 0 Å². The Hall–Kier alpha value is -0.150. The Morgan fingerprint density at radius 2 is 2.44 bits per heavy atom. The molecular weight excluding hydrogens is 119 g/mol. The predicted molar refractivity (Wildman–Crippen MR) is 35.0 cm³/mol. The number of nitrogens with two attached hydrogens (primary N) is 1. The summed E-state index contributed by atoms with van der Waals surface area (Å²) in [6.07, 6.45) is 1.03. The minimum atomic E-state index is -0.243. The molecule has 9 heavy (non-hydrogen) atoms. The van der Waals surface area contributed by atoms with Crippen LogP contribution in [0.1, 0.15) is 6.42 Å². The second kappa shape index (κ2) is 3.13. The molecular formula is C6H13FN2. The van der Waals surface area contributed by atoms with Crippen molar-refractivity contribution in [3.05, 3.63) is 0 Å². The second-order valence-corrected chi connectivity index (χ2v) is 2.54. The van der Waals surface area contributed by atoms with Crippen LogP contribution in [-0.4, -0.2) is 37.3 Å². The summed E-state index contributed by atoms with van der Waals surface area (Å²) >= 11 is 0. The molecule has 0 spiro atoms. The van der Waals surface area contributed by atoms with Gasteiger partial charge in [0.15, 0.2) is 0 Å². The molecule has 0 aliphatic carbocycles. The number of rotatable bonds is 2. The van der Waals surface area contributed by atoms with Crippen LogP contribution in [0.3, 0.4) is 0 Å². The van der Waals surface area contributed by atoms with E-state index in [0.29, 0.717) is 6.54 Å². The summed E-state index contributed by atoms with van der Waals surface area (Å²) in [5.74, 6) is 0. The first-order valence-electron chi connectivity index (χ1n) is 3.37. The van der Waals surface area contributed by atoms with Gasteiger partial charge in [0.25, 0.3) is 0 Å². The fraction of sp³-hybridized carbons (Fsp3) is 1.00. The van der Waals surface area contributed by atoms with Gasteiger partial charge < -0.3 is 5.73 Å². The summed E-state index contributed by atoms with van der Waals surface area (Å²) < 4.78 is 11.7. The standard InChI is InChI=1S/C6H13FN2/c7-2-4-9-3-1-6(8)5-9/h6H,1-5,8H2/t6-/m0/s1. The molecule has 2 N–H and O–H groups in total. The molecule has 0 aromatic rings. The summed E-state index contributed by atoms with van der Waals surface area (Å²) in [5.41, 5.74) is 5.59. The molecule has 1 saturated heterocycles. The van der Waals surface area contributed by atoms with Gasteiger partial charge in [-0.3, -0.25) is 4.90 Å². The van der Waals surface area contributed by atoms with E-state index in [9.17, 15) is 4.39 Å². The lowest BCUT2D eigenvalue weighted by Crippen LogP contribution is -2.27. The van der Waals surface area contributed by atoms with E-state index >= 15 is 0 Å². The zero-order valence-corrected chi connectivity index (χ0v) is 5.52. The van der Waals surface area contributed by atoms with E-state index in [2.05, 4.69) is 4.90 Å². The third kappa shape index (κ3) is 1.91. The minimum absolute atomic E-state index is 0.243. The van der Waals surface area contributed by atoms with E-state index in [0.717, 1.165) is 19.5 Å². The van der Waals surface area contributed by atoms with Crippen LogP contribution in [0.15, 0.2) is 0 Å². The van der Waals surface area contributed by atoms with E-state index in [1.165, 1.54) is 0 Å². The molecule has 0 radical (unpaired) electrons. The van der Waals surface area contributed by atoms with Crippen LogP contribution in [-0.2, 0) is 0 Å². The van der Waals surface area contributed by atoms with E-state index in [1.54, 1.807) is 0 Å². The van der Waals surface area contributed by atoms with E-state index in [-0.39, 0.29) is 12.7 Å². The van der Waals surface area contributed by atoms with Gasteiger partial charge in [0, 0.05) is 19.1 Å². The first-order valence-corrected chi connectivity index (χ1v) is 3.37. The third-order valence-electron chi connectivity index (χ3n) is 1.71. The van der Waals surface area contributed by atoms with Gasteiger partial charge in [0.2, 0.25) is 0 Å². The first-order chi connectivity index (χ1) is 4.33. The molecule has 1 atom stereocenters. The van der Waals surface area contributed by atoms with E-state index in [1.807, 2.05) is 0 Å². The van der Waals surface area contributed by atoms with Crippen molar-refractivity contribution in [3.63, 3.8) is 0 Å². The zero-order chi connectivity index (χ0) is 6.69. The molecule has 1 aliphatic rings. The highest BCUT2D eigenvalue weighted by molar-refractivity contribution is 4.76. The Morgan fingerprint density at radius 1 is 1.67 bits per heavy atom. The van der Waals surface area contributed by atoms with Gasteiger partial charge in [-0.2, -0.15) is 0 Å². The fourth-order valence-corrected chi connectivity index (χ4v) is 1.19. The fourth-order valence-electron chi connectivity index (χ4n) is 1.19. The van der Waals surface area contributed by atoms with Crippen molar-refractivity contribution in [2.24, 2.45) is 5.73 Å². The molecule has 0 bridgehead atoms. The van der Waals surface area contributed by atoms with E-state index < -0.39 is 0 Å². The lowest BCUT2D eigenvalue weighted by atomic mass is 10.3. The van der Waals surface area contributed by atoms with Gasteiger partial charge in [0.1, 0.15) is 6.67 Å². The number of nitrogens with zero attached hydrogens (tertiary/aromatic N) is 1. The van der Waals surface area contributed by atoms with E-state index in [4.69, 9.17) is 5.73 Å². The molecule has 1 heterocycles. The Kier molecular flexibility index (Phi) is 2.42. The van der Waals surface area contributed by atoms with Crippen LogP contribution in [0, 0.1) is 0 Å². The maximum Gasteiger partial charge on any atom is 0.102 e. The van der Waals surface area contributed by atoms with Crippen LogP contribution in [0.2, 0.25) is 0 Å². The van der Waals surface area contributed by atoms with Crippen LogP contribution in [0.25, 0.3) is 0 Å². The van der Waals surface area contributed by atoms with Crippen molar-refractivity contribution in [1.29, 1.82) is 0 Å². The van der Waals surface area contributed by atoms with Gasteiger partial charge in [-0.25, -0.2) is 4.39 Å². The molecule has 3 heteroatoms. The number of likely N-dealkylation sites (tertiary alicyclic amines) is 1. The third-order valence-corrected chi connectivity index (χ3v) is 1.71. The van der Waals surface area contributed by atoms with Crippen molar-refractivity contribution in [1.82, 2.24) is 4.90 Å². The quantitative estimate of drug-likeness (QED) is 0.572. The Morgan fingerprint density at radius 3 is 2.89 bits per heavy atom.